The molecule has 1 radical (unpaired) electrons. The second kappa shape index (κ2) is 18.0. The van der Waals surface area contributed by atoms with Crippen molar-refractivity contribution in [3.8, 4) is 44.8 Å². The van der Waals surface area contributed by atoms with Crippen LogP contribution in [0.4, 0.5) is 0 Å². The van der Waals surface area contributed by atoms with Crippen LogP contribution in [0.5, 0.6) is 0 Å². The van der Waals surface area contributed by atoms with Crippen molar-refractivity contribution in [2.24, 2.45) is 0 Å². The first-order chi connectivity index (χ1) is 28.2. The molecule has 309 valence electrons. The molecule has 5 aromatic carbocycles. The molecule has 0 aliphatic rings. The third-order valence-corrected chi connectivity index (χ3v) is 14.0. The maximum atomic E-state index is 6.59. The topological polar surface area (TPSA) is 20.9 Å². The van der Waals surface area contributed by atoms with Gasteiger partial charge in [0.25, 0.3) is 0 Å². The van der Waals surface area contributed by atoms with E-state index in [1.54, 1.807) is 0 Å². The van der Waals surface area contributed by atoms with Gasteiger partial charge in [0.2, 0.25) is 0 Å². The van der Waals surface area contributed by atoms with Crippen LogP contribution < -0.4 is 14.3 Å². The molecule has 0 bridgehead atoms. The first kappa shape index (κ1) is 44.1. The number of nitrogens with zero attached hydrogens (tertiary/aromatic N) is 2. The summed E-state index contributed by atoms with van der Waals surface area (Å²) in [5.41, 5.74) is 18.1. The fraction of sp³-hybridized carbons (Fsp3) is 0.200. The zero-order chi connectivity index (χ0) is 42.2. The van der Waals surface area contributed by atoms with Gasteiger partial charge in [-0.3, -0.25) is 0 Å². The Balaban J connectivity index is 0.000000207. The summed E-state index contributed by atoms with van der Waals surface area (Å²) in [6.45, 7) is 26.7. The van der Waals surface area contributed by atoms with Gasteiger partial charge in [0.05, 0.1) is 37.4 Å². The van der Waals surface area contributed by atoms with Crippen LogP contribution in [0, 0.1) is 48.7 Å². The summed E-state index contributed by atoms with van der Waals surface area (Å²) in [7, 11) is 7.18. The molecule has 0 aliphatic heterocycles. The van der Waals surface area contributed by atoms with E-state index in [2.05, 4.69) is 210 Å². The van der Waals surface area contributed by atoms with E-state index < -0.39 is 8.07 Å². The Morgan fingerprint density at radius 1 is 0.617 bits per heavy atom. The zero-order valence-electron chi connectivity index (χ0n) is 36.6. The molecule has 60 heavy (non-hydrogen) atoms. The van der Waals surface area contributed by atoms with E-state index in [0.717, 1.165) is 68.4 Å². The number of furan rings is 1. The van der Waals surface area contributed by atoms with E-state index in [1.807, 2.05) is 9.13 Å². The van der Waals surface area contributed by atoms with Gasteiger partial charge in [0, 0.05) is 45.0 Å². The Bertz CT molecular complexity index is 2790. The number of rotatable bonds is 8. The Labute approximate surface area is 373 Å². The Morgan fingerprint density at radius 3 is 1.95 bits per heavy atom. The summed E-state index contributed by atoms with van der Waals surface area (Å²) in [5.74, 6) is 0.527. The average Bonchev–Trinajstić information content (AvgIpc) is 3.59. The molecule has 0 saturated heterocycles. The van der Waals surface area contributed by atoms with Crippen LogP contribution >= 0.6 is 0 Å². The minimum absolute atomic E-state index is 0. The van der Waals surface area contributed by atoms with Gasteiger partial charge in [0.15, 0.2) is 0 Å². The summed E-state index contributed by atoms with van der Waals surface area (Å²) in [4.78, 5) is 0. The summed E-state index contributed by atoms with van der Waals surface area (Å²) < 4.78 is 10.5. The Kier molecular flexibility index (Phi) is 13.3. The molecule has 0 N–H and O–H groups in total. The monoisotopic (exact) mass is 983 g/mol. The van der Waals surface area contributed by atoms with E-state index in [4.69, 9.17) is 4.42 Å². The maximum absolute atomic E-state index is 6.59. The molecule has 8 rings (SSSR count). The van der Waals surface area contributed by atoms with Crippen molar-refractivity contribution in [3.63, 3.8) is 0 Å². The van der Waals surface area contributed by atoms with Gasteiger partial charge >= 0.3 is 0 Å². The number of benzene rings is 5. The summed E-state index contributed by atoms with van der Waals surface area (Å²) >= 11 is 0. The van der Waals surface area contributed by atoms with Crippen LogP contribution in [0.1, 0.15) is 66.0 Å². The minimum atomic E-state index is -1.35. The van der Waals surface area contributed by atoms with Crippen LogP contribution in [0.2, 0.25) is 19.6 Å². The molecule has 0 spiro atoms. The molecular formula is C55H58IrN2OSi-2. The van der Waals surface area contributed by atoms with Crippen LogP contribution in [0.25, 0.3) is 66.7 Å². The van der Waals surface area contributed by atoms with Gasteiger partial charge < -0.3 is 13.6 Å². The predicted octanol–water partition coefficient (Wildman–Crippen LogP) is 13.5. The molecule has 3 nitrogen and oxygen atoms in total. The van der Waals surface area contributed by atoms with Crippen molar-refractivity contribution < 1.29 is 33.7 Å². The molecule has 3 aromatic heterocycles. The SMILES string of the molecule is [CH2-]c1cc(C)c(-c2ccccc2)cc1-c1ccc([Si](C)(C)C)c[n+]1[CH2-].[CH2-]c1ccc2c(oc3cccc(-c4c(C)cccc4C)c32)c1-c1cc(C(CC)CC)cc[n+]1[CH2-].[Ir]. The summed E-state index contributed by atoms with van der Waals surface area (Å²) in [6.07, 6.45) is 6.47. The summed E-state index contributed by atoms with van der Waals surface area (Å²) in [5, 5.41) is 3.68. The zero-order valence-corrected chi connectivity index (χ0v) is 40.0. The van der Waals surface area contributed by atoms with Crippen molar-refractivity contribution in [3.05, 3.63) is 189 Å². The molecule has 0 fully saturated rings. The van der Waals surface area contributed by atoms with Gasteiger partial charge in [-0.2, -0.15) is 37.1 Å². The normalized spacial score (nSPS) is 11.4. The van der Waals surface area contributed by atoms with Crippen LogP contribution in [-0.4, -0.2) is 8.07 Å². The minimum Gasteiger partial charge on any atom is -0.469 e. The molecule has 8 aromatic rings. The molecule has 0 amide bonds. The number of fused-ring (bicyclic) bond motifs is 3. The van der Waals surface area contributed by atoms with E-state index >= 15 is 0 Å². The standard InChI is InChI=1S/C32H32NO.C23H26NSi.Ir/c1-7-23(8-2)24-17-18-33(6)27(19-24)30-22(5)15-16-26-31-25(13-10-14-28(31)34-32(26)30)29-20(3)11-9-12-21(29)4;1-17-14-18(2)22(15-21(17)19-10-8-7-9-11-19)23-13-12-20(16-24(23)3)25(4,5)6;/h9-19,23H,5-8H2,1-4H3;7-16H,2-3H2,1,4-6H3;/q2*-1;. The number of hydrogen-bond acceptors (Lipinski definition) is 1. The van der Waals surface area contributed by atoms with E-state index in [9.17, 15) is 0 Å². The van der Waals surface area contributed by atoms with Crippen molar-refractivity contribution in [1.29, 1.82) is 0 Å². The maximum Gasteiger partial charge on any atom is 0.134 e. The fourth-order valence-corrected chi connectivity index (χ4v) is 9.73. The second-order valence-electron chi connectivity index (χ2n) is 17.1. The van der Waals surface area contributed by atoms with E-state index in [0.29, 0.717) is 5.92 Å². The Morgan fingerprint density at radius 2 is 1.30 bits per heavy atom. The van der Waals surface area contributed by atoms with E-state index in [-0.39, 0.29) is 20.1 Å². The number of pyridine rings is 2. The van der Waals surface area contributed by atoms with Gasteiger partial charge in [-0.1, -0.05) is 147 Å². The average molecular weight is 983 g/mol. The number of aromatic nitrogens is 2. The van der Waals surface area contributed by atoms with Crippen molar-refractivity contribution in [2.75, 3.05) is 0 Å². The third-order valence-electron chi connectivity index (χ3n) is 12.0. The second-order valence-corrected chi connectivity index (χ2v) is 22.1. The van der Waals surface area contributed by atoms with Crippen molar-refractivity contribution in [1.82, 2.24) is 0 Å². The summed E-state index contributed by atoms with van der Waals surface area (Å²) in [6, 6.07) is 40.9. The smallest absolute Gasteiger partial charge is 0.134 e. The largest absolute Gasteiger partial charge is 0.469 e. The quantitative estimate of drug-likeness (QED) is 0.0844. The van der Waals surface area contributed by atoms with E-state index in [1.165, 1.54) is 49.7 Å². The molecule has 0 aliphatic carbocycles. The predicted molar refractivity (Wildman–Crippen MR) is 253 cm³/mol. The number of hydrogen-bond donors (Lipinski definition) is 0. The van der Waals surface area contributed by atoms with Gasteiger partial charge in [-0.05, 0) is 72.1 Å². The van der Waals surface area contributed by atoms with Gasteiger partial charge in [-0.25, -0.2) is 0 Å². The molecule has 0 saturated carbocycles. The molecule has 0 unspecified atom stereocenters. The molecule has 3 heterocycles. The fourth-order valence-electron chi connectivity index (χ4n) is 8.60. The van der Waals surface area contributed by atoms with Crippen LogP contribution in [-0.2, 0) is 20.1 Å². The third kappa shape index (κ3) is 8.58. The van der Waals surface area contributed by atoms with Crippen LogP contribution in [0.15, 0.2) is 132 Å². The molecule has 0 atom stereocenters. The molecular weight excluding hydrogens is 925 g/mol. The number of aryl methyl sites for hydroxylation is 3. The van der Waals surface area contributed by atoms with Gasteiger partial charge in [-0.15, -0.1) is 17.7 Å². The van der Waals surface area contributed by atoms with Crippen LogP contribution in [0.3, 0.4) is 0 Å². The van der Waals surface area contributed by atoms with Crippen molar-refractivity contribution in [2.45, 2.75) is 73.0 Å². The Hall–Kier alpha value is -5.45. The molecule has 5 heteroatoms. The first-order valence-corrected chi connectivity index (χ1v) is 24.3. The first-order valence-electron chi connectivity index (χ1n) is 20.8. The van der Waals surface area contributed by atoms with Crippen molar-refractivity contribution >= 4 is 35.2 Å². The van der Waals surface area contributed by atoms with Gasteiger partial charge in [0.1, 0.15) is 5.58 Å².